The van der Waals surface area contributed by atoms with E-state index in [4.69, 9.17) is 9.94 Å². The van der Waals surface area contributed by atoms with Gasteiger partial charge < -0.3 is 5.11 Å². The van der Waals surface area contributed by atoms with E-state index in [1.807, 2.05) is 24.3 Å². The normalized spacial score (nSPS) is 15.8. The van der Waals surface area contributed by atoms with E-state index < -0.39 is 0 Å². The van der Waals surface area contributed by atoms with Crippen LogP contribution >= 0.6 is 0 Å². The van der Waals surface area contributed by atoms with Crippen LogP contribution < -0.4 is 5.06 Å². The van der Waals surface area contributed by atoms with Crippen molar-refractivity contribution in [1.29, 1.82) is 0 Å². The van der Waals surface area contributed by atoms with E-state index in [9.17, 15) is 4.79 Å². The number of anilines is 1. The molecule has 0 aromatic heterocycles. The molecule has 4 nitrogen and oxygen atoms in total. The Labute approximate surface area is 94.4 Å². The van der Waals surface area contributed by atoms with Gasteiger partial charge in [0.05, 0.1) is 18.7 Å². The molecule has 1 aromatic carbocycles. The van der Waals surface area contributed by atoms with E-state index >= 15 is 0 Å². The average Bonchev–Trinajstić information content (AvgIpc) is 2.73. The molecule has 2 rings (SSSR count). The highest BCUT2D eigenvalue weighted by molar-refractivity contribution is 5.93. The zero-order chi connectivity index (χ0) is 11.4. The van der Waals surface area contributed by atoms with Crippen LogP contribution in [0.2, 0.25) is 0 Å². The van der Waals surface area contributed by atoms with Gasteiger partial charge in [-0.15, -0.1) is 0 Å². The van der Waals surface area contributed by atoms with Crippen LogP contribution in [0, 0.1) is 0 Å². The van der Waals surface area contributed by atoms with Crippen LogP contribution in [0.4, 0.5) is 5.69 Å². The van der Waals surface area contributed by atoms with Gasteiger partial charge in [0.25, 0.3) is 5.91 Å². The lowest BCUT2D eigenvalue weighted by molar-refractivity contribution is -0.119. The minimum atomic E-state index is -0.00329. The SMILES string of the molecule is O=C1CCON1c1ccccc1CCCO. The maximum absolute atomic E-state index is 11.6. The number of amides is 1. The number of hydrogen-bond donors (Lipinski definition) is 1. The molecule has 1 N–H and O–H groups in total. The lowest BCUT2D eigenvalue weighted by atomic mass is 10.1. The largest absolute Gasteiger partial charge is 0.396 e. The number of benzene rings is 1. The van der Waals surface area contributed by atoms with Crippen LogP contribution in [-0.2, 0) is 16.1 Å². The Balaban J connectivity index is 2.21. The summed E-state index contributed by atoms with van der Waals surface area (Å²) in [6.07, 6.45) is 1.88. The zero-order valence-corrected chi connectivity index (χ0v) is 9.06. The van der Waals surface area contributed by atoms with Crippen LogP contribution in [0.15, 0.2) is 24.3 Å². The third kappa shape index (κ3) is 2.23. The summed E-state index contributed by atoms with van der Waals surface area (Å²) in [5.74, 6) is -0.00329. The minimum absolute atomic E-state index is 0.00329. The lowest BCUT2D eigenvalue weighted by Gasteiger charge is -2.17. The number of aryl methyl sites for hydroxylation is 1. The molecule has 0 radical (unpaired) electrons. The molecule has 1 amide bonds. The molecular weight excluding hydrogens is 206 g/mol. The molecule has 1 aliphatic rings. The summed E-state index contributed by atoms with van der Waals surface area (Å²) in [7, 11) is 0. The quantitative estimate of drug-likeness (QED) is 0.833. The fourth-order valence-corrected chi connectivity index (χ4v) is 1.79. The summed E-state index contributed by atoms with van der Waals surface area (Å²) < 4.78 is 0. The summed E-state index contributed by atoms with van der Waals surface area (Å²) in [5.41, 5.74) is 1.84. The molecule has 1 aromatic rings. The first kappa shape index (κ1) is 11.1. The van der Waals surface area contributed by atoms with Crippen molar-refractivity contribution in [2.75, 3.05) is 18.3 Å². The van der Waals surface area contributed by atoms with Crippen molar-refractivity contribution in [3.8, 4) is 0 Å². The number of nitrogens with zero attached hydrogens (tertiary/aromatic N) is 1. The molecule has 86 valence electrons. The summed E-state index contributed by atoms with van der Waals surface area (Å²) in [6, 6.07) is 7.64. The van der Waals surface area contributed by atoms with Crippen molar-refractivity contribution < 1.29 is 14.7 Å². The van der Waals surface area contributed by atoms with Crippen LogP contribution in [0.3, 0.4) is 0 Å². The second-order valence-corrected chi connectivity index (χ2v) is 3.73. The first-order chi connectivity index (χ1) is 7.83. The van der Waals surface area contributed by atoms with E-state index in [1.165, 1.54) is 5.06 Å². The molecule has 0 aliphatic carbocycles. The van der Waals surface area contributed by atoms with Gasteiger partial charge in [0.1, 0.15) is 0 Å². The van der Waals surface area contributed by atoms with Crippen molar-refractivity contribution in [1.82, 2.24) is 0 Å². The van der Waals surface area contributed by atoms with Gasteiger partial charge in [0.15, 0.2) is 0 Å². The average molecular weight is 221 g/mol. The molecule has 1 saturated heterocycles. The number of para-hydroxylation sites is 1. The van der Waals surface area contributed by atoms with E-state index in [0.29, 0.717) is 19.4 Å². The van der Waals surface area contributed by atoms with Gasteiger partial charge in [-0.2, -0.15) is 5.06 Å². The summed E-state index contributed by atoms with van der Waals surface area (Å²) in [4.78, 5) is 16.8. The Bertz CT molecular complexity index is 378. The number of rotatable bonds is 4. The molecule has 1 heterocycles. The first-order valence-corrected chi connectivity index (χ1v) is 5.47. The topological polar surface area (TPSA) is 49.8 Å². The summed E-state index contributed by atoms with van der Waals surface area (Å²) in [5, 5.41) is 10.2. The Morgan fingerprint density at radius 1 is 1.38 bits per heavy atom. The second-order valence-electron chi connectivity index (χ2n) is 3.73. The van der Waals surface area contributed by atoms with Crippen molar-refractivity contribution in [3.05, 3.63) is 29.8 Å². The van der Waals surface area contributed by atoms with E-state index in [2.05, 4.69) is 0 Å². The van der Waals surface area contributed by atoms with Gasteiger partial charge in [-0.25, -0.2) is 0 Å². The number of carbonyl (C=O) groups is 1. The molecule has 1 fully saturated rings. The van der Waals surface area contributed by atoms with E-state index in [0.717, 1.165) is 17.7 Å². The van der Waals surface area contributed by atoms with Crippen LogP contribution in [0.1, 0.15) is 18.4 Å². The molecule has 0 unspecified atom stereocenters. The molecular formula is C12H15NO3. The van der Waals surface area contributed by atoms with Crippen molar-refractivity contribution in [3.63, 3.8) is 0 Å². The maximum atomic E-state index is 11.6. The monoisotopic (exact) mass is 221 g/mol. The van der Waals surface area contributed by atoms with Gasteiger partial charge in [0, 0.05) is 6.61 Å². The smallest absolute Gasteiger partial charge is 0.253 e. The molecule has 0 atom stereocenters. The summed E-state index contributed by atoms with van der Waals surface area (Å²) >= 11 is 0. The third-order valence-corrected chi connectivity index (χ3v) is 2.58. The maximum Gasteiger partial charge on any atom is 0.253 e. The highest BCUT2D eigenvalue weighted by atomic mass is 16.7. The van der Waals surface area contributed by atoms with Crippen LogP contribution in [-0.4, -0.2) is 24.2 Å². The second kappa shape index (κ2) is 5.09. The van der Waals surface area contributed by atoms with Crippen molar-refractivity contribution in [2.24, 2.45) is 0 Å². The van der Waals surface area contributed by atoms with Gasteiger partial charge in [-0.1, -0.05) is 18.2 Å². The molecule has 4 heteroatoms. The Morgan fingerprint density at radius 3 is 2.88 bits per heavy atom. The fourth-order valence-electron chi connectivity index (χ4n) is 1.79. The first-order valence-electron chi connectivity index (χ1n) is 5.47. The zero-order valence-electron chi connectivity index (χ0n) is 9.06. The third-order valence-electron chi connectivity index (χ3n) is 2.58. The number of hydroxylamine groups is 1. The predicted octanol–water partition coefficient (Wildman–Crippen LogP) is 1.28. The van der Waals surface area contributed by atoms with Crippen LogP contribution in [0.25, 0.3) is 0 Å². The number of carbonyl (C=O) groups excluding carboxylic acids is 1. The van der Waals surface area contributed by atoms with Gasteiger partial charge in [-0.05, 0) is 24.5 Å². The van der Waals surface area contributed by atoms with Crippen molar-refractivity contribution in [2.45, 2.75) is 19.3 Å². The number of aliphatic hydroxyl groups excluding tert-OH is 1. The van der Waals surface area contributed by atoms with E-state index in [-0.39, 0.29) is 12.5 Å². The fraction of sp³-hybridized carbons (Fsp3) is 0.417. The molecule has 16 heavy (non-hydrogen) atoms. The summed E-state index contributed by atoms with van der Waals surface area (Å²) in [6.45, 7) is 0.607. The van der Waals surface area contributed by atoms with Gasteiger partial charge >= 0.3 is 0 Å². The van der Waals surface area contributed by atoms with Crippen molar-refractivity contribution >= 4 is 11.6 Å². The van der Waals surface area contributed by atoms with Gasteiger partial charge in [-0.3, -0.25) is 9.63 Å². The van der Waals surface area contributed by atoms with E-state index in [1.54, 1.807) is 0 Å². The number of aliphatic hydroxyl groups is 1. The Kier molecular flexibility index (Phi) is 3.54. The highest BCUT2D eigenvalue weighted by Gasteiger charge is 2.24. The standard InChI is InChI=1S/C12H15NO3/c14-8-3-5-10-4-1-2-6-11(10)13-12(15)7-9-16-13/h1-2,4,6,14H,3,5,7-9H2. The Morgan fingerprint density at radius 2 is 2.19 bits per heavy atom. The predicted molar refractivity (Wildman–Crippen MR) is 59.9 cm³/mol. The Hall–Kier alpha value is -1.39. The minimum Gasteiger partial charge on any atom is -0.396 e. The lowest BCUT2D eigenvalue weighted by Crippen LogP contribution is -2.23. The molecule has 0 saturated carbocycles. The molecule has 0 spiro atoms. The number of hydrogen-bond acceptors (Lipinski definition) is 3. The molecule has 1 aliphatic heterocycles. The van der Waals surface area contributed by atoms with Crippen LogP contribution in [0.5, 0.6) is 0 Å². The van der Waals surface area contributed by atoms with Gasteiger partial charge in [0.2, 0.25) is 0 Å². The molecule has 0 bridgehead atoms. The highest BCUT2D eigenvalue weighted by Crippen LogP contribution is 2.25.